The molecule has 1 nitrogen and oxygen atoms in total. The molecule has 1 aromatic rings. The summed E-state index contributed by atoms with van der Waals surface area (Å²) in [5.41, 5.74) is 1.40. The Morgan fingerprint density at radius 1 is 1.08 bits per heavy atom. The van der Waals surface area contributed by atoms with Crippen molar-refractivity contribution in [2.45, 2.75) is 19.3 Å². The van der Waals surface area contributed by atoms with Gasteiger partial charge >= 0.3 is 0 Å². The first-order valence-corrected chi connectivity index (χ1v) is 6.42. The molecule has 3 heteroatoms. The van der Waals surface area contributed by atoms with E-state index in [9.17, 15) is 5.11 Å². The van der Waals surface area contributed by atoms with Crippen molar-refractivity contribution in [2.75, 3.05) is 6.61 Å². The Balaban J connectivity index is 2.64. The number of halogens is 2. The molecule has 0 aliphatic carbocycles. The van der Waals surface area contributed by atoms with Gasteiger partial charge in [0.1, 0.15) is 0 Å². The Hall–Kier alpha value is 0.640. The highest BCUT2D eigenvalue weighted by Crippen LogP contribution is 2.20. The maximum atomic E-state index is 10.3. The highest BCUT2D eigenvalue weighted by atomic mass is 127. The minimum absolute atomic E-state index is 0.0555. The van der Waals surface area contributed by atoms with Gasteiger partial charge in [0.05, 0.1) is 6.61 Å². The van der Waals surface area contributed by atoms with Gasteiger partial charge in [-0.05, 0) is 82.1 Å². The lowest BCUT2D eigenvalue weighted by Crippen LogP contribution is -1.94. The third-order valence-electron chi connectivity index (χ3n) is 1.88. The van der Waals surface area contributed by atoms with Crippen LogP contribution in [0.1, 0.15) is 18.4 Å². The quantitative estimate of drug-likeness (QED) is 0.543. The van der Waals surface area contributed by atoms with Crippen molar-refractivity contribution in [3.05, 3.63) is 30.9 Å². The molecule has 0 spiro atoms. The molecule has 13 heavy (non-hydrogen) atoms. The summed E-state index contributed by atoms with van der Waals surface area (Å²) in [6, 6.07) is 6.31. The number of benzene rings is 1. The highest BCUT2D eigenvalue weighted by molar-refractivity contribution is 14.1. The highest BCUT2D eigenvalue weighted by Gasteiger charge is 2.03. The fraction of sp³-hybridized carbons (Fsp3) is 0.400. The van der Waals surface area contributed by atoms with E-state index >= 15 is 0 Å². The summed E-state index contributed by atoms with van der Waals surface area (Å²) < 4.78 is 2.63. The molecule has 0 N–H and O–H groups in total. The topological polar surface area (TPSA) is 19.9 Å². The van der Waals surface area contributed by atoms with Gasteiger partial charge < -0.3 is 0 Å². The van der Waals surface area contributed by atoms with Crippen LogP contribution in [0.15, 0.2) is 18.2 Å². The fourth-order valence-corrected chi connectivity index (χ4v) is 3.23. The minimum Gasteiger partial charge on any atom is -0.237 e. The van der Waals surface area contributed by atoms with E-state index in [1.54, 1.807) is 0 Å². The Morgan fingerprint density at radius 3 is 2.23 bits per heavy atom. The lowest BCUT2D eigenvalue weighted by molar-refractivity contribution is 0.187. The van der Waals surface area contributed by atoms with Crippen molar-refractivity contribution >= 4 is 45.2 Å². The van der Waals surface area contributed by atoms with E-state index in [4.69, 9.17) is 0 Å². The van der Waals surface area contributed by atoms with E-state index in [1.807, 2.05) is 0 Å². The zero-order valence-electron chi connectivity index (χ0n) is 7.22. The summed E-state index contributed by atoms with van der Waals surface area (Å²) in [7, 11) is 0. The molecule has 1 radical (unpaired) electrons. The van der Waals surface area contributed by atoms with Gasteiger partial charge in [-0.2, -0.15) is 0 Å². The second kappa shape index (κ2) is 6.19. The monoisotopic (exact) mass is 401 g/mol. The van der Waals surface area contributed by atoms with Gasteiger partial charge in [-0.1, -0.05) is 6.07 Å². The minimum atomic E-state index is 0.0555. The molecule has 0 bridgehead atoms. The third kappa shape index (κ3) is 3.71. The standard InChI is InChI=1S/C10H11I2O/c11-9-5-3-6-10(12)8(9)4-1-2-7-13/h3,5-6H,1-2,4,7H2. The van der Waals surface area contributed by atoms with Gasteiger partial charge in [0.2, 0.25) is 0 Å². The average Bonchev–Trinajstić information content (AvgIpc) is 2.10. The van der Waals surface area contributed by atoms with E-state index in [2.05, 4.69) is 63.4 Å². The SMILES string of the molecule is [O]CCCCc1c(I)cccc1I. The summed E-state index contributed by atoms with van der Waals surface area (Å²) >= 11 is 4.71. The lowest BCUT2D eigenvalue weighted by atomic mass is 10.1. The van der Waals surface area contributed by atoms with Crippen LogP contribution in [0.4, 0.5) is 0 Å². The summed E-state index contributed by atoms with van der Waals surface area (Å²) in [6.07, 6.45) is 2.85. The van der Waals surface area contributed by atoms with E-state index in [-0.39, 0.29) is 6.61 Å². The second-order valence-corrected chi connectivity index (χ2v) is 5.19. The smallest absolute Gasteiger partial charge is 0.0822 e. The van der Waals surface area contributed by atoms with Gasteiger partial charge in [-0.15, -0.1) is 0 Å². The van der Waals surface area contributed by atoms with Crippen molar-refractivity contribution in [3.8, 4) is 0 Å². The second-order valence-electron chi connectivity index (χ2n) is 2.86. The molecule has 1 rings (SSSR count). The van der Waals surface area contributed by atoms with Gasteiger partial charge in [-0.25, -0.2) is 5.11 Å². The first-order chi connectivity index (χ1) is 6.25. The molecular weight excluding hydrogens is 390 g/mol. The molecule has 0 atom stereocenters. The Morgan fingerprint density at radius 2 is 1.69 bits per heavy atom. The fourth-order valence-electron chi connectivity index (χ4n) is 1.18. The van der Waals surface area contributed by atoms with Crippen molar-refractivity contribution in [1.82, 2.24) is 0 Å². The van der Waals surface area contributed by atoms with Crippen LogP contribution < -0.4 is 0 Å². The van der Waals surface area contributed by atoms with Crippen LogP contribution in [-0.4, -0.2) is 6.61 Å². The molecule has 1 aromatic carbocycles. The summed E-state index contributed by atoms with van der Waals surface area (Å²) in [5, 5.41) is 10.3. The Labute approximate surface area is 106 Å². The van der Waals surface area contributed by atoms with Gasteiger partial charge in [0, 0.05) is 7.14 Å². The number of hydrogen-bond acceptors (Lipinski definition) is 0. The maximum absolute atomic E-state index is 10.3. The van der Waals surface area contributed by atoms with Gasteiger partial charge in [0.25, 0.3) is 0 Å². The maximum Gasteiger partial charge on any atom is 0.0822 e. The van der Waals surface area contributed by atoms with Crippen LogP contribution in [0.2, 0.25) is 0 Å². The van der Waals surface area contributed by atoms with Crippen LogP contribution in [0, 0.1) is 7.14 Å². The molecule has 71 valence electrons. The molecule has 0 aromatic heterocycles. The lowest BCUT2D eigenvalue weighted by Gasteiger charge is -2.05. The van der Waals surface area contributed by atoms with E-state index in [1.165, 1.54) is 12.7 Å². The Bertz CT molecular complexity index is 253. The summed E-state index contributed by atoms with van der Waals surface area (Å²) in [5.74, 6) is 0. The molecule has 0 aliphatic rings. The molecule has 0 saturated heterocycles. The largest absolute Gasteiger partial charge is 0.237 e. The molecule has 0 unspecified atom stereocenters. The molecule has 0 heterocycles. The van der Waals surface area contributed by atoms with Gasteiger partial charge in [-0.3, -0.25) is 0 Å². The van der Waals surface area contributed by atoms with Crippen molar-refractivity contribution in [1.29, 1.82) is 0 Å². The third-order valence-corrected chi connectivity index (χ3v) is 3.90. The first kappa shape index (κ1) is 11.7. The van der Waals surface area contributed by atoms with Crippen LogP contribution in [0.5, 0.6) is 0 Å². The average molecular weight is 401 g/mol. The number of rotatable bonds is 4. The number of unbranched alkanes of at least 4 members (excludes halogenated alkanes) is 1. The predicted octanol–water partition coefficient (Wildman–Crippen LogP) is 3.65. The van der Waals surface area contributed by atoms with E-state index in [0.717, 1.165) is 19.3 Å². The summed E-state index contributed by atoms with van der Waals surface area (Å²) in [4.78, 5) is 0. The van der Waals surface area contributed by atoms with Crippen molar-refractivity contribution in [3.63, 3.8) is 0 Å². The van der Waals surface area contributed by atoms with E-state index < -0.39 is 0 Å². The molecular formula is C10H11I2O. The zero-order chi connectivity index (χ0) is 9.68. The molecule has 0 aliphatic heterocycles. The zero-order valence-corrected chi connectivity index (χ0v) is 11.5. The normalized spacial score (nSPS) is 10.4. The van der Waals surface area contributed by atoms with Crippen LogP contribution >= 0.6 is 45.2 Å². The van der Waals surface area contributed by atoms with Crippen molar-refractivity contribution < 1.29 is 5.11 Å². The van der Waals surface area contributed by atoms with Crippen molar-refractivity contribution in [2.24, 2.45) is 0 Å². The Kier molecular flexibility index (Phi) is 5.57. The van der Waals surface area contributed by atoms with Crippen LogP contribution in [-0.2, 0) is 11.5 Å². The van der Waals surface area contributed by atoms with Crippen LogP contribution in [0.3, 0.4) is 0 Å². The molecule has 0 fully saturated rings. The van der Waals surface area contributed by atoms with Gasteiger partial charge in [0.15, 0.2) is 0 Å². The number of hydrogen-bond donors (Lipinski definition) is 0. The molecule has 0 saturated carbocycles. The molecule has 0 amide bonds. The predicted molar refractivity (Wildman–Crippen MR) is 70.4 cm³/mol. The summed E-state index contributed by atoms with van der Waals surface area (Å²) in [6.45, 7) is 0.0555. The van der Waals surface area contributed by atoms with Crippen LogP contribution in [0.25, 0.3) is 0 Å². The van der Waals surface area contributed by atoms with E-state index in [0.29, 0.717) is 0 Å². The first-order valence-electron chi connectivity index (χ1n) is 4.26.